The van der Waals surface area contributed by atoms with Gasteiger partial charge >= 0.3 is 0 Å². The van der Waals surface area contributed by atoms with Gasteiger partial charge < -0.3 is 20.6 Å². The number of aromatic nitrogens is 2. The van der Waals surface area contributed by atoms with Crippen molar-refractivity contribution in [2.24, 2.45) is 12.8 Å². The highest BCUT2D eigenvalue weighted by molar-refractivity contribution is 5.95. The summed E-state index contributed by atoms with van der Waals surface area (Å²) < 4.78 is 17.1. The van der Waals surface area contributed by atoms with Crippen LogP contribution in [-0.4, -0.2) is 44.2 Å². The second kappa shape index (κ2) is 10.7. The number of hydrogen-bond acceptors (Lipinski definition) is 5. The number of nitrogens with zero attached hydrogens (tertiary/aromatic N) is 4. The van der Waals surface area contributed by atoms with E-state index in [1.165, 1.54) is 23.2 Å². The third kappa shape index (κ3) is 5.10. The molecule has 37 heavy (non-hydrogen) atoms. The number of amides is 1. The van der Waals surface area contributed by atoms with Gasteiger partial charge in [0.25, 0.3) is 5.91 Å². The second-order valence-electron chi connectivity index (χ2n) is 8.85. The van der Waals surface area contributed by atoms with E-state index in [4.69, 9.17) is 5.73 Å². The molecule has 0 fully saturated rings. The first-order valence-corrected chi connectivity index (χ1v) is 11.8. The van der Waals surface area contributed by atoms with Crippen molar-refractivity contribution < 1.29 is 14.3 Å². The Kier molecular flexibility index (Phi) is 7.40. The number of halogens is 1. The maximum atomic E-state index is 15.3. The van der Waals surface area contributed by atoms with Gasteiger partial charge in [-0.3, -0.25) is 9.48 Å². The summed E-state index contributed by atoms with van der Waals surface area (Å²) in [7, 11) is 3.41. The number of nitrogens with two attached hydrogens (primary N) is 1. The van der Waals surface area contributed by atoms with Gasteiger partial charge in [-0.2, -0.15) is 5.10 Å². The van der Waals surface area contributed by atoms with Gasteiger partial charge in [-0.25, -0.2) is 4.39 Å². The number of aliphatic hydroxyl groups is 1. The number of aryl methyl sites for hydroxylation is 2. The molecular weight excluding hydrogens is 469 g/mol. The van der Waals surface area contributed by atoms with Crippen LogP contribution in [0.25, 0.3) is 11.3 Å². The third-order valence-corrected chi connectivity index (χ3v) is 6.42. The van der Waals surface area contributed by atoms with Crippen LogP contribution in [0.5, 0.6) is 0 Å². The topological polar surface area (TPSA) is 87.6 Å². The van der Waals surface area contributed by atoms with E-state index in [0.29, 0.717) is 17.0 Å². The summed E-state index contributed by atoms with van der Waals surface area (Å²) in [5.74, 6) is -1.23. The first-order chi connectivity index (χ1) is 17.7. The van der Waals surface area contributed by atoms with Gasteiger partial charge in [0, 0.05) is 55.1 Å². The average molecular weight is 500 g/mol. The maximum absolute atomic E-state index is 15.3. The molecule has 1 amide bonds. The molecule has 3 N–H and O–H groups in total. The molecule has 0 spiro atoms. The molecule has 190 valence electrons. The van der Waals surface area contributed by atoms with Crippen molar-refractivity contribution in [1.29, 1.82) is 0 Å². The van der Waals surface area contributed by atoms with E-state index in [2.05, 4.69) is 11.7 Å². The minimum absolute atomic E-state index is 0.100. The van der Waals surface area contributed by atoms with E-state index in [0.717, 1.165) is 22.4 Å². The Balaban J connectivity index is 1.62. The summed E-state index contributed by atoms with van der Waals surface area (Å²) in [6.45, 7) is 5.73. The summed E-state index contributed by atoms with van der Waals surface area (Å²) >= 11 is 0. The number of aliphatic hydroxyl groups excluding tert-OH is 1. The predicted molar refractivity (Wildman–Crippen MR) is 143 cm³/mol. The van der Waals surface area contributed by atoms with Crippen molar-refractivity contribution in [1.82, 2.24) is 19.6 Å². The van der Waals surface area contributed by atoms with E-state index < -0.39 is 17.8 Å². The molecule has 2 heterocycles. The van der Waals surface area contributed by atoms with Gasteiger partial charge in [-0.1, -0.05) is 49.1 Å². The van der Waals surface area contributed by atoms with Crippen molar-refractivity contribution in [3.63, 3.8) is 0 Å². The third-order valence-electron chi connectivity index (χ3n) is 6.42. The molecule has 1 aromatic heterocycles. The Bertz CT molecular complexity index is 1420. The summed E-state index contributed by atoms with van der Waals surface area (Å²) in [4.78, 5) is 16.3. The number of likely N-dealkylation sites (N-methyl/N-ethyl adjacent to an activating group) is 1. The first-order valence-electron chi connectivity index (χ1n) is 11.8. The summed E-state index contributed by atoms with van der Waals surface area (Å²) in [5, 5.41) is 14.3. The summed E-state index contributed by atoms with van der Waals surface area (Å²) in [5.41, 5.74) is 11.0. The van der Waals surface area contributed by atoms with Crippen LogP contribution in [0, 0.1) is 12.7 Å². The Labute approximate surface area is 215 Å². The van der Waals surface area contributed by atoms with E-state index in [1.807, 2.05) is 68.9 Å². The van der Waals surface area contributed by atoms with Crippen molar-refractivity contribution in [3.8, 4) is 0 Å². The lowest BCUT2D eigenvalue weighted by atomic mass is 10.0. The fourth-order valence-electron chi connectivity index (χ4n) is 4.42. The SMILES string of the molecule is C=C1C=CC(c2cn(C)nc2C)=CN1/C(=C\N)c1ccc(C(=O)N(C)[C@@H](CO)c2ccccc2)c(F)c1. The van der Waals surface area contributed by atoms with E-state index in [-0.39, 0.29) is 12.2 Å². The molecule has 1 atom stereocenters. The van der Waals surface area contributed by atoms with Crippen LogP contribution in [-0.2, 0) is 7.05 Å². The number of benzene rings is 2. The number of rotatable bonds is 7. The molecule has 1 aliphatic heterocycles. The fourth-order valence-corrected chi connectivity index (χ4v) is 4.42. The van der Waals surface area contributed by atoms with Gasteiger partial charge in [0.2, 0.25) is 0 Å². The number of hydrogen-bond donors (Lipinski definition) is 2. The van der Waals surface area contributed by atoms with E-state index in [9.17, 15) is 9.90 Å². The van der Waals surface area contributed by atoms with Crippen LogP contribution in [0.2, 0.25) is 0 Å². The van der Waals surface area contributed by atoms with Gasteiger partial charge in [-0.05, 0) is 30.7 Å². The second-order valence-corrected chi connectivity index (χ2v) is 8.85. The van der Waals surface area contributed by atoms with Crippen LogP contribution in [0.1, 0.15) is 38.8 Å². The van der Waals surface area contributed by atoms with Crippen molar-refractivity contribution in [3.05, 3.63) is 125 Å². The first kappa shape index (κ1) is 25.7. The molecule has 7 nitrogen and oxygen atoms in total. The van der Waals surface area contributed by atoms with Crippen molar-refractivity contribution >= 4 is 17.2 Å². The zero-order chi connectivity index (χ0) is 26.7. The van der Waals surface area contributed by atoms with E-state index in [1.54, 1.807) is 22.7 Å². The lowest BCUT2D eigenvalue weighted by Crippen LogP contribution is -2.33. The minimum Gasteiger partial charge on any atom is -0.403 e. The summed E-state index contributed by atoms with van der Waals surface area (Å²) in [6.07, 6.45) is 8.98. The van der Waals surface area contributed by atoms with Crippen LogP contribution in [0.15, 0.2) is 91.6 Å². The molecule has 0 saturated carbocycles. The van der Waals surface area contributed by atoms with Crippen molar-refractivity contribution in [2.45, 2.75) is 13.0 Å². The van der Waals surface area contributed by atoms with Crippen LogP contribution in [0.3, 0.4) is 0 Å². The Morgan fingerprint density at radius 3 is 2.57 bits per heavy atom. The molecule has 8 heteroatoms. The lowest BCUT2D eigenvalue weighted by Gasteiger charge is -2.29. The molecule has 4 rings (SSSR count). The molecule has 1 aliphatic rings. The molecule has 3 aromatic rings. The normalized spacial score (nSPS) is 14.5. The highest BCUT2D eigenvalue weighted by Gasteiger charge is 2.25. The molecule has 0 radical (unpaired) electrons. The molecule has 0 unspecified atom stereocenters. The van der Waals surface area contributed by atoms with Gasteiger partial charge in [0.15, 0.2) is 0 Å². The molecule has 0 aliphatic carbocycles. The Hall–Kier alpha value is -4.43. The van der Waals surface area contributed by atoms with Gasteiger partial charge in [-0.15, -0.1) is 0 Å². The Morgan fingerprint density at radius 2 is 1.97 bits per heavy atom. The Morgan fingerprint density at radius 1 is 1.24 bits per heavy atom. The quantitative estimate of drug-likeness (QED) is 0.505. The largest absolute Gasteiger partial charge is 0.403 e. The highest BCUT2D eigenvalue weighted by atomic mass is 19.1. The standard InChI is InChI=1S/C29H30FN5O2/c1-19-10-11-23(25-17-33(3)32-20(25)2)16-35(19)27(15-31)22-12-13-24(26(30)14-22)29(37)34(4)28(18-36)21-8-6-5-7-9-21/h5-17,28,36H,1,18,31H2,2-4H3/b27-15-/t28-/m0/s1. The maximum Gasteiger partial charge on any atom is 0.257 e. The molecule has 0 saturated heterocycles. The smallest absolute Gasteiger partial charge is 0.257 e. The lowest BCUT2D eigenvalue weighted by molar-refractivity contribution is 0.0654. The number of carbonyl (C=O) groups is 1. The average Bonchev–Trinajstić information content (AvgIpc) is 3.24. The van der Waals surface area contributed by atoms with Crippen LogP contribution >= 0.6 is 0 Å². The van der Waals surface area contributed by atoms with Gasteiger partial charge in [0.05, 0.1) is 29.6 Å². The number of carbonyl (C=O) groups excluding carboxylic acids is 1. The van der Waals surface area contributed by atoms with Crippen LogP contribution < -0.4 is 5.73 Å². The predicted octanol–water partition coefficient (Wildman–Crippen LogP) is 4.36. The van der Waals surface area contributed by atoms with E-state index >= 15 is 4.39 Å². The zero-order valence-corrected chi connectivity index (χ0v) is 21.1. The van der Waals surface area contributed by atoms with Crippen molar-refractivity contribution in [2.75, 3.05) is 13.7 Å². The fraction of sp³-hybridized carbons (Fsp3) is 0.172. The number of allylic oxidation sites excluding steroid dienone is 3. The van der Waals surface area contributed by atoms with Crippen LogP contribution in [0.4, 0.5) is 4.39 Å². The zero-order valence-electron chi connectivity index (χ0n) is 21.1. The summed E-state index contributed by atoms with van der Waals surface area (Å²) in [6, 6.07) is 12.9. The molecular formula is C29H30FN5O2. The molecule has 0 bridgehead atoms. The highest BCUT2D eigenvalue weighted by Crippen LogP contribution is 2.32. The minimum atomic E-state index is -0.691. The molecule has 2 aromatic carbocycles. The van der Waals surface area contributed by atoms with Gasteiger partial charge in [0.1, 0.15) is 5.82 Å². The monoisotopic (exact) mass is 499 g/mol.